The lowest BCUT2D eigenvalue weighted by atomic mass is 9.98. The lowest BCUT2D eigenvalue weighted by Gasteiger charge is -2.27. The summed E-state index contributed by atoms with van der Waals surface area (Å²) in [6, 6.07) is 6.19. The molecule has 2 aliphatic heterocycles. The third-order valence-corrected chi connectivity index (χ3v) is 3.09. The van der Waals surface area contributed by atoms with E-state index in [1.807, 2.05) is 18.2 Å². The lowest BCUT2D eigenvalue weighted by Crippen LogP contribution is -2.30. The van der Waals surface area contributed by atoms with Gasteiger partial charge in [-0.25, -0.2) is 0 Å². The molecule has 0 aromatic heterocycles. The van der Waals surface area contributed by atoms with Crippen molar-refractivity contribution in [3.8, 4) is 11.5 Å². The Balaban J connectivity index is 1.83. The molecule has 4 heteroatoms. The summed E-state index contributed by atoms with van der Waals surface area (Å²) in [4.78, 5) is 0. The topological polar surface area (TPSA) is 53.7 Å². The van der Waals surface area contributed by atoms with Crippen LogP contribution >= 0.6 is 0 Å². The van der Waals surface area contributed by atoms with Crippen molar-refractivity contribution in [1.29, 1.82) is 0 Å². The highest BCUT2D eigenvalue weighted by Crippen LogP contribution is 2.36. The van der Waals surface area contributed by atoms with E-state index in [4.69, 9.17) is 19.9 Å². The Labute approximate surface area is 94.3 Å². The van der Waals surface area contributed by atoms with Gasteiger partial charge in [-0.05, 0) is 30.5 Å². The highest BCUT2D eigenvalue weighted by molar-refractivity contribution is 5.45. The summed E-state index contributed by atoms with van der Waals surface area (Å²) in [5.74, 6) is 1.61. The maximum absolute atomic E-state index is 5.94. The Bertz CT molecular complexity index is 394. The second kappa shape index (κ2) is 3.96. The van der Waals surface area contributed by atoms with Crippen LogP contribution in [0.1, 0.15) is 24.5 Å². The smallest absolute Gasteiger partial charge is 0.231 e. The molecule has 1 saturated heterocycles. The molecule has 2 N–H and O–H groups in total. The van der Waals surface area contributed by atoms with Crippen LogP contribution in [0.15, 0.2) is 18.2 Å². The van der Waals surface area contributed by atoms with Crippen LogP contribution in [0.3, 0.4) is 0 Å². The van der Waals surface area contributed by atoms with E-state index < -0.39 is 0 Å². The molecular weight excluding hydrogens is 206 g/mol. The van der Waals surface area contributed by atoms with Crippen LogP contribution in [0.4, 0.5) is 0 Å². The van der Waals surface area contributed by atoms with Gasteiger partial charge in [0.15, 0.2) is 11.5 Å². The summed E-state index contributed by atoms with van der Waals surface area (Å²) in [5, 5.41) is 0. The zero-order valence-electron chi connectivity index (χ0n) is 9.02. The quantitative estimate of drug-likeness (QED) is 0.782. The number of benzene rings is 1. The molecule has 0 bridgehead atoms. The molecule has 0 spiro atoms. The van der Waals surface area contributed by atoms with Gasteiger partial charge in [0.25, 0.3) is 0 Å². The normalized spacial score (nSPS) is 28.1. The van der Waals surface area contributed by atoms with Gasteiger partial charge in [-0.1, -0.05) is 6.07 Å². The molecule has 0 aliphatic carbocycles. The van der Waals surface area contributed by atoms with Crippen LogP contribution in [0.2, 0.25) is 0 Å². The van der Waals surface area contributed by atoms with E-state index in [-0.39, 0.29) is 12.1 Å². The molecule has 0 saturated carbocycles. The van der Waals surface area contributed by atoms with E-state index in [9.17, 15) is 0 Å². The van der Waals surface area contributed by atoms with Crippen molar-refractivity contribution in [3.05, 3.63) is 23.8 Å². The van der Waals surface area contributed by atoms with Crippen LogP contribution in [-0.2, 0) is 4.74 Å². The molecule has 3 rings (SSSR count). The van der Waals surface area contributed by atoms with Crippen molar-refractivity contribution < 1.29 is 14.2 Å². The Morgan fingerprint density at radius 3 is 2.94 bits per heavy atom. The molecule has 16 heavy (non-hydrogen) atoms. The van der Waals surface area contributed by atoms with E-state index in [2.05, 4.69) is 0 Å². The molecule has 0 radical (unpaired) electrons. The van der Waals surface area contributed by atoms with Crippen molar-refractivity contribution in [2.24, 2.45) is 5.73 Å². The van der Waals surface area contributed by atoms with Gasteiger partial charge in [-0.15, -0.1) is 0 Å². The molecule has 2 heterocycles. The third-order valence-electron chi connectivity index (χ3n) is 3.09. The predicted octanol–water partition coefficient (Wildman–Crippen LogP) is 1.59. The van der Waals surface area contributed by atoms with Crippen molar-refractivity contribution in [3.63, 3.8) is 0 Å². The fourth-order valence-corrected chi connectivity index (χ4v) is 2.17. The predicted molar refractivity (Wildman–Crippen MR) is 58.5 cm³/mol. The first-order valence-electron chi connectivity index (χ1n) is 5.59. The Hall–Kier alpha value is -1.26. The van der Waals surface area contributed by atoms with Gasteiger partial charge in [0.1, 0.15) is 0 Å². The molecule has 1 aromatic carbocycles. The minimum Gasteiger partial charge on any atom is -0.454 e. The second-order valence-electron chi connectivity index (χ2n) is 4.26. The van der Waals surface area contributed by atoms with Crippen molar-refractivity contribution in [1.82, 2.24) is 0 Å². The number of nitrogens with two attached hydrogens (primary N) is 1. The van der Waals surface area contributed by atoms with Crippen LogP contribution in [-0.4, -0.2) is 19.4 Å². The number of rotatable bonds is 1. The number of fused-ring (bicyclic) bond motifs is 1. The monoisotopic (exact) mass is 221 g/mol. The van der Waals surface area contributed by atoms with Crippen molar-refractivity contribution in [2.75, 3.05) is 13.4 Å². The largest absolute Gasteiger partial charge is 0.454 e. The van der Waals surface area contributed by atoms with Gasteiger partial charge < -0.3 is 19.9 Å². The Morgan fingerprint density at radius 1 is 1.19 bits per heavy atom. The zero-order valence-corrected chi connectivity index (χ0v) is 9.02. The minimum atomic E-state index is 0.0956. The highest BCUT2D eigenvalue weighted by Gasteiger charge is 2.23. The average molecular weight is 221 g/mol. The SMILES string of the molecule is N[C@H]1CCO[C@H](c2ccc3c(c2)OCO3)C1. The van der Waals surface area contributed by atoms with Crippen LogP contribution in [0.5, 0.6) is 11.5 Å². The maximum atomic E-state index is 5.94. The minimum absolute atomic E-state index is 0.0956. The van der Waals surface area contributed by atoms with E-state index >= 15 is 0 Å². The summed E-state index contributed by atoms with van der Waals surface area (Å²) in [6.45, 7) is 1.05. The van der Waals surface area contributed by atoms with Gasteiger partial charge in [0.05, 0.1) is 6.10 Å². The van der Waals surface area contributed by atoms with Gasteiger partial charge in [-0.3, -0.25) is 0 Å². The second-order valence-corrected chi connectivity index (χ2v) is 4.26. The summed E-state index contributed by atoms with van der Waals surface area (Å²) < 4.78 is 16.3. The summed E-state index contributed by atoms with van der Waals surface area (Å²) in [5.41, 5.74) is 7.06. The van der Waals surface area contributed by atoms with Gasteiger partial charge in [0, 0.05) is 12.6 Å². The van der Waals surface area contributed by atoms with Crippen molar-refractivity contribution in [2.45, 2.75) is 25.0 Å². The first-order valence-corrected chi connectivity index (χ1v) is 5.59. The maximum Gasteiger partial charge on any atom is 0.231 e. The number of hydrogen-bond acceptors (Lipinski definition) is 4. The molecular formula is C12H15NO3. The first-order chi connectivity index (χ1) is 7.83. The molecule has 86 valence electrons. The Morgan fingerprint density at radius 2 is 2.06 bits per heavy atom. The molecule has 2 atom stereocenters. The third kappa shape index (κ3) is 1.74. The average Bonchev–Trinajstić information content (AvgIpc) is 2.75. The Kier molecular flexibility index (Phi) is 2.46. The van der Waals surface area contributed by atoms with E-state index in [0.717, 1.165) is 36.5 Å². The van der Waals surface area contributed by atoms with Gasteiger partial charge in [-0.2, -0.15) is 0 Å². The zero-order chi connectivity index (χ0) is 11.0. The number of ether oxygens (including phenoxy) is 3. The summed E-state index contributed by atoms with van der Waals surface area (Å²) >= 11 is 0. The molecule has 2 aliphatic rings. The molecule has 0 unspecified atom stereocenters. The van der Waals surface area contributed by atoms with Crippen LogP contribution in [0, 0.1) is 0 Å². The first kappa shape index (κ1) is 9.93. The number of hydrogen-bond donors (Lipinski definition) is 1. The molecule has 1 aromatic rings. The van der Waals surface area contributed by atoms with Crippen molar-refractivity contribution >= 4 is 0 Å². The molecule has 1 fully saturated rings. The van der Waals surface area contributed by atoms with Crippen LogP contribution < -0.4 is 15.2 Å². The highest BCUT2D eigenvalue weighted by atomic mass is 16.7. The van der Waals surface area contributed by atoms with E-state index in [1.165, 1.54) is 0 Å². The summed E-state index contributed by atoms with van der Waals surface area (Å²) in [7, 11) is 0. The lowest BCUT2D eigenvalue weighted by molar-refractivity contribution is 0.00658. The fourth-order valence-electron chi connectivity index (χ4n) is 2.17. The fraction of sp³-hybridized carbons (Fsp3) is 0.500. The van der Waals surface area contributed by atoms with E-state index in [1.54, 1.807) is 0 Å². The summed E-state index contributed by atoms with van der Waals surface area (Å²) in [6.07, 6.45) is 1.92. The van der Waals surface area contributed by atoms with Gasteiger partial charge in [0.2, 0.25) is 6.79 Å². The molecule has 4 nitrogen and oxygen atoms in total. The van der Waals surface area contributed by atoms with Crippen LogP contribution in [0.25, 0.3) is 0 Å². The standard InChI is InChI=1S/C12H15NO3/c13-9-3-4-14-11(6-9)8-1-2-10-12(5-8)16-7-15-10/h1-2,5,9,11H,3-4,6-7,13H2/t9-,11-/m0/s1. The molecule has 0 amide bonds. The van der Waals surface area contributed by atoms with E-state index in [0.29, 0.717) is 6.79 Å². The van der Waals surface area contributed by atoms with Gasteiger partial charge >= 0.3 is 0 Å².